The first kappa shape index (κ1) is 17.0. The molecule has 1 aromatic carbocycles. The van der Waals surface area contributed by atoms with Crippen LogP contribution in [0.25, 0.3) is 0 Å². The van der Waals surface area contributed by atoms with E-state index in [-0.39, 0.29) is 5.91 Å². The number of nitrogens with zero attached hydrogens (tertiary/aromatic N) is 1. The van der Waals surface area contributed by atoms with E-state index >= 15 is 0 Å². The van der Waals surface area contributed by atoms with Crippen molar-refractivity contribution >= 4 is 28.5 Å². The number of benzene rings is 1. The summed E-state index contributed by atoms with van der Waals surface area (Å²) in [5.41, 5.74) is 0. The minimum Gasteiger partial charge on any atom is -0.493 e. The molecular formula is C16H22INO2. The van der Waals surface area contributed by atoms with Crippen LogP contribution in [0.15, 0.2) is 36.4 Å². The van der Waals surface area contributed by atoms with Crippen LogP contribution < -0.4 is 4.74 Å². The molecule has 0 spiro atoms. The number of halogens is 1. The van der Waals surface area contributed by atoms with Gasteiger partial charge in [0, 0.05) is 17.7 Å². The smallest absolute Gasteiger partial charge is 0.245 e. The van der Waals surface area contributed by atoms with Gasteiger partial charge in [0.15, 0.2) is 0 Å². The Balaban J connectivity index is 2.22. The van der Waals surface area contributed by atoms with Crippen molar-refractivity contribution in [2.75, 3.05) is 20.7 Å². The summed E-state index contributed by atoms with van der Waals surface area (Å²) >= 11 is 2.28. The van der Waals surface area contributed by atoms with Gasteiger partial charge in [0.2, 0.25) is 5.91 Å². The third kappa shape index (κ3) is 6.93. The van der Waals surface area contributed by atoms with Gasteiger partial charge in [-0.3, -0.25) is 4.79 Å². The molecule has 0 heterocycles. The molecule has 0 bridgehead atoms. The molecule has 3 nitrogen and oxygen atoms in total. The molecule has 0 saturated carbocycles. The highest BCUT2D eigenvalue weighted by Crippen LogP contribution is 2.15. The van der Waals surface area contributed by atoms with Crippen LogP contribution in [-0.4, -0.2) is 31.5 Å². The van der Waals surface area contributed by atoms with E-state index in [9.17, 15) is 4.79 Å². The molecule has 0 fully saturated rings. The fourth-order valence-corrected chi connectivity index (χ4v) is 1.93. The first-order chi connectivity index (χ1) is 9.49. The minimum atomic E-state index is 0.0350. The fourth-order valence-electron chi connectivity index (χ4n) is 1.57. The molecule has 0 aliphatic rings. The maximum Gasteiger partial charge on any atom is 0.245 e. The Kier molecular flexibility index (Phi) is 7.65. The van der Waals surface area contributed by atoms with Gasteiger partial charge in [0.1, 0.15) is 5.75 Å². The van der Waals surface area contributed by atoms with Gasteiger partial charge in [-0.25, -0.2) is 0 Å². The summed E-state index contributed by atoms with van der Waals surface area (Å²) in [6.07, 6.45) is 5.48. The van der Waals surface area contributed by atoms with Crippen LogP contribution in [-0.2, 0) is 4.79 Å². The molecule has 1 amide bonds. The van der Waals surface area contributed by atoms with Gasteiger partial charge in [0.05, 0.1) is 6.61 Å². The van der Waals surface area contributed by atoms with Crippen molar-refractivity contribution in [3.8, 4) is 5.75 Å². The van der Waals surface area contributed by atoms with Crippen LogP contribution in [0.2, 0.25) is 0 Å². The lowest BCUT2D eigenvalue weighted by atomic mass is 10.1. The van der Waals surface area contributed by atoms with E-state index in [1.807, 2.05) is 30.3 Å². The van der Waals surface area contributed by atoms with Crippen LogP contribution in [0.5, 0.6) is 5.75 Å². The molecule has 0 aliphatic heterocycles. The van der Waals surface area contributed by atoms with Gasteiger partial charge in [-0.1, -0.05) is 13.0 Å². The fraction of sp³-hybridized carbons (Fsp3) is 0.438. The molecule has 4 heteroatoms. The number of carbonyl (C=O) groups excluding carboxylic acids is 1. The molecule has 0 aliphatic carbocycles. The minimum absolute atomic E-state index is 0.0350. The summed E-state index contributed by atoms with van der Waals surface area (Å²) < 4.78 is 6.94. The van der Waals surface area contributed by atoms with Gasteiger partial charge < -0.3 is 9.64 Å². The van der Waals surface area contributed by atoms with Gasteiger partial charge >= 0.3 is 0 Å². The van der Waals surface area contributed by atoms with Crippen molar-refractivity contribution in [1.29, 1.82) is 0 Å². The topological polar surface area (TPSA) is 29.5 Å². The Hall–Kier alpha value is -1.04. The highest BCUT2D eigenvalue weighted by Gasteiger charge is 2.03. The van der Waals surface area contributed by atoms with E-state index in [1.54, 1.807) is 25.1 Å². The zero-order valence-corrected chi connectivity index (χ0v) is 14.5. The van der Waals surface area contributed by atoms with Gasteiger partial charge in [-0.15, -0.1) is 0 Å². The highest BCUT2D eigenvalue weighted by atomic mass is 127. The van der Waals surface area contributed by atoms with Crippen molar-refractivity contribution in [2.45, 2.75) is 19.8 Å². The summed E-state index contributed by atoms with van der Waals surface area (Å²) in [7, 11) is 3.51. The first-order valence-corrected chi connectivity index (χ1v) is 7.83. The second-order valence-electron chi connectivity index (χ2n) is 5.08. The average Bonchev–Trinajstić information content (AvgIpc) is 2.42. The predicted molar refractivity (Wildman–Crippen MR) is 90.9 cm³/mol. The molecule has 0 saturated heterocycles. The number of amides is 1. The third-order valence-electron chi connectivity index (χ3n) is 2.88. The SMILES string of the molecule is CC(CC/C=C/C(=O)N(C)C)COc1ccc(I)cc1. The van der Waals surface area contributed by atoms with Crippen molar-refractivity contribution in [3.63, 3.8) is 0 Å². The van der Waals surface area contributed by atoms with Crippen molar-refractivity contribution in [3.05, 3.63) is 40.0 Å². The summed E-state index contributed by atoms with van der Waals surface area (Å²) in [5, 5.41) is 0. The number of ether oxygens (including phenoxy) is 1. The molecule has 1 atom stereocenters. The van der Waals surface area contributed by atoms with E-state index in [0.717, 1.165) is 18.6 Å². The van der Waals surface area contributed by atoms with Gasteiger partial charge in [0.25, 0.3) is 0 Å². The van der Waals surface area contributed by atoms with Gasteiger partial charge in [-0.05, 0) is 71.7 Å². The van der Waals surface area contributed by atoms with E-state index in [1.165, 1.54) is 3.57 Å². The number of likely N-dealkylation sites (N-methyl/N-ethyl adjacent to an activating group) is 1. The molecule has 1 rings (SSSR count). The Bertz CT molecular complexity index is 440. The van der Waals surface area contributed by atoms with Crippen molar-refractivity contribution in [2.24, 2.45) is 5.92 Å². The predicted octanol–water partition coefficient (Wildman–Crippen LogP) is 3.73. The zero-order valence-electron chi connectivity index (χ0n) is 12.3. The normalized spacial score (nSPS) is 12.4. The summed E-state index contributed by atoms with van der Waals surface area (Å²) in [5.74, 6) is 1.41. The van der Waals surface area contributed by atoms with E-state index in [4.69, 9.17) is 4.74 Å². The molecule has 0 radical (unpaired) electrons. The molecule has 0 aromatic heterocycles. The number of allylic oxidation sites excluding steroid dienone is 1. The Morgan fingerprint density at radius 3 is 2.60 bits per heavy atom. The monoisotopic (exact) mass is 387 g/mol. The second-order valence-corrected chi connectivity index (χ2v) is 6.33. The molecule has 1 aromatic rings. The van der Waals surface area contributed by atoms with Gasteiger partial charge in [-0.2, -0.15) is 0 Å². The summed E-state index contributed by atoms with van der Waals surface area (Å²) in [6.45, 7) is 2.87. The third-order valence-corrected chi connectivity index (χ3v) is 3.59. The Labute approximate surface area is 135 Å². The average molecular weight is 387 g/mol. The number of carbonyl (C=O) groups is 1. The zero-order chi connectivity index (χ0) is 15.0. The lowest BCUT2D eigenvalue weighted by molar-refractivity contribution is -0.123. The van der Waals surface area contributed by atoms with Crippen molar-refractivity contribution in [1.82, 2.24) is 4.90 Å². The van der Waals surface area contributed by atoms with Crippen LogP contribution in [0.3, 0.4) is 0 Å². The lowest BCUT2D eigenvalue weighted by Crippen LogP contribution is -2.18. The second kappa shape index (κ2) is 9.00. The number of hydrogen-bond acceptors (Lipinski definition) is 2. The van der Waals surface area contributed by atoms with E-state index in [0.29, 0.717) is 12.5 Å². The number of rotatable bonds is 7. The van der Waals surface area contributed by atoms with Crippen LogP contribution in [0.1, 0.15) is 19.8 Å². The maximum absolute atomic E-state index is 11.3. The standard InChI is InChI=1S/C16H22INO2/c1-13(6-4-5-7-16(19)18(2)3)12-20-15-10-8-14(17)9-11-15/h5,7-11,13H,4,6,12H2,1-3H3/b7-5+. The molecule has 20 heavy (non-hydrogen) atoms. The Morgan fingerprint density at radius 1 is 1.35 bits per heavy atom. The molecule has 110 valence electrons. The van der Waals surface area contributed by atoms with Crippen molar-refractivity contribution < 1.29 is 9.53 Å². The molecule has 1 unspecified atom stereocenters. The summed E-state index contributed by atoms with van der Waals surface area (Å²) in [4.78, 5) is 12.9. The highest BCUT2D eigenvalue weighted by molar-refractivity contribution is 14.1. The van der Waals surface area contributed by atoms with Crippen LogP contribution in [0, 0.1) is 9.49 Å². The van der Waals surface area contributed by atoms with E-state index < -0.39 is 0 Å². The van der Waals surface area contributed by atoms with E-state index in [2.05, 4.69) is 29.5 Å². The van der Waals surface area contributed by atoms with Crippen LogP contribution in [0.4, 0.5) is 0 Å². The first-order valence-electron chi connectivity index (χ1n) is 6.75. The Morgan fingerprint density at radius 2 is 2.00 bits per heavy atom. The largest absolute Gasteiger partial charge is 0.493 e. The lowest BCUT2D eigenvalue weighted by Gasteiger charge is -2.12. The quantitative estimate of drug-likeness (QED) is 0.527. The molecular weight excluding hydrogens is 365 g/mol. The molecule has 0 N–H and O–H groups in total. The number of hydrogen-bond donors (Lipinski definition) is 0. The van der Waals surface area contributed by atoms with Crippen LogP contribution >= 0.6 is 22.6 Å². The maximum atomic E-state index is 11.3. The summed E-state index contributed by atoms with van der Waals surface area (Å²) in [6, 6.07) is 8.06.